The minimum absolute atomic E-state index is 0.106. The summed E-state index contributed by atoms with van der Waals surface area (Å²) < 4.78 is 28.7. The molecule has 128 valence electrons. The van der Waals surface area contributed by atoms with E-state index in [1.54, 1.807) is 7.05 Å². The molecule has 3 nitrogen and oxygen atoms in total. The normalized spacial score (nSPS) is 15.7. The van der Waals surface area contributed by atoms with Crippen LogP contribution in [0.2, 0.25) is 0 Å². The van der Waals surface area contributed by atoms with E-state index in [2.05, 4.69) is 22.3 Å². The Balaban J connectivity index is 1.64. The molecule has 1 fully saturated rings. The lowest BCUT2D eigenvalue weighted by Crippen LogP contribution is -2.46. The predicted octanol–water partition coefficient (Wildman–Crippen LogP) is 3.01. The molecule has 5 heteroatoms. The Bertz CT molecular complexity index is 645. The number of nitrogens with one attached hydrogen (secondary N) is 1. The summed E-state index contributed by atoms with van der Waals surface area (Å²) in [6.45, 7) is 4.19. The van der Waals surface area contributed by atoms with Gasteiger partial charge >= 0.3 is 0 Å². The highest BCUT2D eigenvalue weighted by molar-refractivity contribution is 5.51. The number of piperazine rings is 1. The molecule has 0 aromatic heterocycles. The second-order valence-corrected chi connectivity index (χ2v) is 6.19. The van der Waals surface area contributed by atoms with E-state index < -0.39 is 11.6 Å². The van der Waals surface area contributed by atoms with Crippen LogP contribution in [-0.4, -0.2) is 38.1 Å². The van der Waals surface area contributed by atoms with Crippen molar-refractivity contribution in [3.05, 3.63) is 65.2 Å². The topological polar surface area (TPSA) is 18.5 Å². The Morgan fingerprint density at radius 2 is 1.54 bits per heavy atom. The SMILES string of the molecule is CNCc1cc(F)c(N2CCN(Cc3ccccc3)CC2)c(F)c1. The van der Waals surface area contributed by atoms with Crippen molar-refractivity contribution >= 4 is 5.69 Å². The van der Waals surface area contributed by atoms with Crippen LogP contribution in [0.3, 0.4) is 0 Å². The molecule has 1 aliphatic heterocycles. The molecule has 1 aliphatic rings. The van der Waals surface area contributed by atoms with Crippen LogP contribution in [0.25, 0.3) is 0 Å². The van der Waals surface area contributed by atoms with Gasteiger partial charge in [-0.2, -0.15) is 0 Å². The molecule has 0 atom stereocenters. The van der Waals surface area contributed by atoms with Crippen molar-refractivity contribution < 1.29 is 8.78 Å². The van der Waals surface area contributed by atoms with E-state index in [1.165, 1.54) is 17.7 Å². The van der Waals surface area contributed by atoms with Gasteiger partial charge < -0.3 is 10.2 Å². The van der Waals surface area contributed by atoms with Gasteiger partial charge in [-0.05, 0) is 30.3 Å². The largest absolute Gasteiger partial charge is 0.364 e. The summed E-state index contributed by atoms with van der Waals surface area (Å²) in [6, 6.07) is 13.1. The zero-order valence-corrected chi connectivity index (χ0v) is 13.9. The second kappa shape index (κ2) is 7.73. The molecule has 0 unspecified atom stereocenters. The van der Waals surface area contributed by atoms with Crippen LogP contribution in [0.5, 0.6) is 0 Å². The summed E-state index contributed by atoms with van der Waals surface area (Å²) in [5.41, 5.74) is 1.99. The van der Waals surface area contributed by atoms with Gasteiger partial charge in [-0.3, -0.25) is 4.90 Å². The first-order valence-electron chi connectivity index (χ1n) is 8.31. The van der Waals surface area contributed by atoms with E-state index in [1.807, 2.05) is 23.1 Å². The smallest absolute Gasteiger partial charge is 0.149 e. The van der Waals surface area contributed by atoms with Gasteiger partial charge in [0.25, 0.3) is 0 Å². The zero-order chi connectivity index (χ0) is 16.9. The maximum Gasteiger partial charge on any atom is 0.149 e. The summed E-state index contributed by atoms with van der Waals surface area (Å²) in [5, 5.41) is 2.91. The number of benzene rings is 2. The third-order valence-electron chi connectivity index (χ3n) is 4.40. The van der Waals surface area contributed by atoms with E-state index in [0.717, 1.165) is 19.6 Å². The highest BCUT2D eigenvalue weighted by Gasteiger charge is 2.23. The number of halogens is 2. The second-order valence-electron chi connectivity index (χ2n) is 6.19. The van der Waals surface area contributed by atoms with Crippen LogP contribution >= 0.6 is 0 Å². The Morgan fingerprint density at radius 1 is 0.917 bits per heavy atom. The van der Waals surface area contributed by atoms with Crippen LogP contribution in [0.15, 0.2) is 42.5 Å². The number of rotatable bonds is 5. The van der Waals surface area contributed by atoms with Crippen LogP contribution in [0.4, 0.5) is 14.5 Å². The molecule has 1 N–H and O–H groups in total. The highest BCUT2D eigenvalue weighted by Crippen LogP contribution is 2.26. The predicted molar refractivity (Wildman–Crippen MR) is 93.1 cm³/mol. The first-order valence-corrected chi connectivity index (χ1v) is 8.31. The van der Waals surface area contributed by atoms with Crippen LogP contribution in [0.1, 0.15) is 11.1 Å². The Morgan fingerprint density at radius 3 is 2.12 bits per heavy atom. The molecular formula is C19H23F2N3. The van der Waals surface area contributed by atoms with E-state index >= 15 is 0 Å². The molecule has 1 heterocycles. The number of anilines is 1. The van der Waals surface area contributed by atoms with E-state index in [-0.39, 0.29) is 5.69 Å². The molecule has 0 aliphatic carbocycles. The quantitative estimate of drug-likeness (QED) is 0.909. The molecule has 0 radical (unpaired) electrons. The minimum atomic E-state index is -0.475. The lowest BCUT2D eigenvalue weighted by Gasteiger charge is -2.36. The molecule has 2 aromatic rings. The van der Waals surface area contributed by atoms with E-state index in [0.29, 0.717) is 25.2 Å². The maximum atomic E-state index is 14.3. The summed E-state index contributed by atoms with van der Waals surface area (Å²) in [6.07, 6.45) is 0. The lowest BCUT2D eigenvalue weighted by atomic mass is 10.1. The average Bonchev–Trinajstić information content (AvgIpc) is 2.57. The van der Waals surface area contributed by atoms with E-state index in [9.17, 15) is 8.78 Å². The third-order valence-corrected chi connectivity index (χ3v) is 4.40. The summed E-state index contributed by atoms with van der Waals surface area (Å²) in [4.78, 5) is 4.13. The first-order chi connectivity index (χ1) is 11.7. The Labute approximate surface area is 141 Å². The van der Waals surface area contributed by atoms with Crippen molar-refractivity contribution in [2.45, 2.75) is 13.1 Å². The molecule has 24 heavy (non-hydrogen) atoms. The van der Waals surface area contributed by atoms with Gasteiger partial charge in [-0.25, -0.2) is 8.78 Å². The van der Waals surface area contributed by atoms with Crippen LogP contribution in [-0.2, 0) is 13.1 Å². The number of nitrogens with zero attached hydrogens (tertiary/aromatic N) is 2. The maximum absolute atomic E-state index is 14.3. The number of hydrogen-bond donors (Lipinski definition) is 1. The van der Waals surface area contributed by atoms with E-state index in [4.69, 9.17) is 0 Å². The first kappa shape index (κ1) is 16.9. The fraction of sp³-hybridized carbons (Fsp3) is 0.368. The summed E-state index contributed by atoms with van der Waals surface area (Å²) in [5.74, 6) is -0.950. The van der Waals surface area contributed by atoms with Crippen molar-refractivity contribution in [3.63, 3.8) is 0 Å². The standard InChI is InChI=1S/C19H23F2N3/c1-22-13-16-11-17(20)19(18(21)12-16)24-9-7-23(8-10-24)14-15-5-3-2-4-6-15/h2-6,11-12,22H,7-10,13-14H2,1H3. The van der Waals surface area contributed by atoms with Crippen LogP contribution < -0.4 is 10.2 Å². The van der Waals surface area contributed by atoms with Gasteiger partial charge in [-0.1, -0.05) is 30.3 Å². The van der Waals surface area contributed by atoms with Crippen molar-refractivity contribution in [1.82, 2.24) is 10.2 Å². The zero-order valence-electron chi connectivity index (χ0n) is 13.9. The molecule has 0 amide bonds. The highest BCUT2D eigenvalue weighted by atomic mass is 19.1. The fourth-order valence-corrected chi connectivity index (χ4v) is 3.20. The molecule has 0 spiro atoms. The van der Waals surface area contributed by atoms with Gasteiger partial charge in [0.05, 0.1) is 0 Å². The lowest BCUT2D eigenvalue weighted by molar-refractivity contribution is 0.248. The van der Waals surface area contributed by atoms with Gasteiger partial charge in [0, 0.05) is 39.3 Å². The average molecular weight is 331 g/mol. The monoisotopic (exact) mass is 331 g/mol. The molecule has 2 aromatic carbocycles. The fourth-order valence-electron chi connectivity index (χ4n) is 3.20. The number of hydrogen-bond acceptors (Lipinski definition) is 3. The molecule has 0 bridgehead atoms. The Kier molecular flexibility index (Phi) is 5.43. The van der Waals surface area contributed by atoms with Crippen molar-refractivity contribution in [1.29, 1.82) is 0 Å². The molecule has 1 saturated heterocycles. The van der Waals surface area contributed by atoms with Crippen molar-refractivity contribution in [3.8, 4) is 0 Å². The minimum Gasteiger partial charge on any atom is -0.364 e. The van der Waals surface area contributed by atoms with Gasteiger partial charge in [0.15, 0.2) is 0 Å². The molecular weight excluding hydrogens is 308 g/mol. The molecule has 3 rings (SSSR count). The van der Waals surface area contributed by atoms with Crippen LogP contribution in [0, 0.1) is 11.6 Å². The molecule has 0 saturated carbocycles. The third kappa shape index (κ3) is 3.91. The summed E-state index contributed by atoms with van der Waals surface area (Å²) >= 11 is 0. The van der Waals surface area contributed by atoms with Crippen molar-refractivity contribution in [2.24, 2.45) is 0 Å². The van der Waals surface area contributed by atoms with Gasteiger partial charge in [-0.15, -0.1) is 0 Å². The summed E-state index contributed by atoms with van der Waals surface area (Å²) in [7, 11) is 1.76. The Hall–Kier alpha value is -1.98. The van der Waals surface area contributed by atoms with Gasteiger partial charge in [0.1, 0.15) is 17.3 Å². The van der Waals surface area contributed by atoms with Crippen molar-refractivity contribution in [2.75, 3.05) is 38.1 Å². The van der Waals surface area contributed by atoms with Gasteiger partial charge in [0.2, 0.25) is 0 Å².